The number of ether oxygens (including phenoxy) is 1. The molecular weight excluding hydrogens is 264 g/mol. The number of amides is 1. The molecule has 1 atom stereocenters. The third kappa shape index (κ3) is 5.38. The highest BCUT2D eigenvalue weighted by atomic mass is 16.5. The Morgan fingerprint density at radius 2 is 2.10 bits per heavy atom. The average Bonchev–Trinajstić information content (AvgIpc) is 2.49. The van der Waals surface area contributed by atoms with E-state index in [-0.39, 0.29) is 18.6 Å². The minimum Gasteiger partial charge on any atom is -0.483 e. The van der Waals surface area contributed by atoms with E-state index >= 15 is 0 Å². The van der Waals surface area contributed by atoms with Crippen LogP contribution >= 0.6 is 0 Å². The molecule has 1 amide bonds. The Hall–Kier alpha value is -1.55. The smallest absolute Gasteiger partial charge is 0.260 e. The molecule has 0 bridgehead atoms. The van der Waals surface area contributed by atoms with Crippen LogP contribution in [0.5, 0.6) is 5.75 Å². The molecule has 0 aliphatic carbocycles. The van der Waals surface area contributed by atoms with Gasteiger partial charge in [0.15, 0.2) is 6.61 Å². The maximum atomic E-state index is 11.9. The van der Waals surface area contributed by atoms with Gasteiger partial charge in [-0.3, -0.25) is 4.79 Å². The van der Waals surface area contributed by atoms with Crippen LogP contribution < -0.4 is 10.1 Å². The summed E-state index contributed by atoms with van der Waals surface area (Å²) < 4.78 is 5.77. The van der Waals surface area contributed by atoms with Gasteiger partial charge in [0, 0.05) is 25.2 Å². The van der Waals surface area contributed by atoms with Crippen molar-refractivity contribution >= 4 is 5.91 Å². The van der Waals surface area contributed by atoms with Crippen LogP contribution in [0.3, 0.4) is 0 Å². The summed E-state index contributed by atoms with van der Waals surface area (Å²) in [5.41, 5.74) is 2.23. The maximum absolute atomic E-state index is 11.9. The van der Waals surface area contributed by atoms with Crippen LogP contribution in [0.25, 0.3) is 0 Å². The van der Waals surface area contributed by atoms with Gasteiger partial charge in [0.2, 0.25) is 0 Å². The second kappa shape index (κ2) is 8.67. The molecule has 118 valence electrons. The van der Waals surface area contributed by atoms with Crippen molar-refractivity contribution in [3.8, 4) is 5.75 Å². The normalized spacial score (nSPS) is 12.0. The Kier molecular flexibility index (Phi) is 7.23. The van der Waals surface area contributed by atoms with Gasteiger partial charge in [0.1, 0.15) is 5.75 Å². The molecule has 0 aromatic heterocycles. The molecule has 0 saturated carbocycles. The fourth-order valence-corrected chi connectivity index (χ4v) is 2.02. The lowest BCUT2D eigenvalue weighted by molar-refractivity contribution is -0.131. The SMILES string of the molecule is CCCNC(C)c1ccc(C)cc1OCC(=O)N(C)CC. The number of hydrogen-bond donors (Lipinski definition) is 1. The first kappa shape index (κ1) is 17.5. The van der Waals surface area contributed by atoms with E-state index in [0.29, 0.717) is 6.54 Å². The summed E-state index contributed by atoms with van der Waals surface area (Å²) in [6.45, 7) is 9.98. The molecule has 1 aromatic carbocycles. The van der Waals surface area contributed by atoms with E-state index in [0.717, 1.165) is 29.8 Å². The number of nitrogens with zero attached hydrogens (tertiary/aromatic N) is 1. The van der Waals surface area contributed by atoms with Gasteiger partial charge in [-0.2, -0.15) is 0 Å². The zero-order valence-corrected chi connectivity index (χ0v) is 13.9. The van der Waals surface area contributed by atoms with Crippen molar-refractivity contribution in [2.75, 3.05) is 26.7 Å². The van der Waals surface area contributed by atoms with Gasteiger partial charge in [0.05, 0.1) is 0 Å². The molecule has 0 spiro atoms. The van der Waals surface area contributed by atoms with Crippen LogP contribution in [-0.2, 0) is 4.79 Å². The highest BCUT2D eigenvalue weighted by Crippen LogP contribution is 2.26. The summed E-state index contributed by atoms with van der Waals surface area (Å²) in [6.07, 6.45) is 1.09. The van der Waals surface area contributed by atoms with Gasteiger partial charge in [-0.05, 0) is 45.4 Å². The van der Waals surface area contributed by atoms with E-state index < -0.39 is 0 Å². The molecule has 4 nitrogen and oxygen atoms in total. The first-order chi connectivity index (χ1) is 9.99. The van der Waals surface area contributed by atoms with Gasteiger partial charge >= 0.3 is 0 Å². The summed E-state index contributed by atoms with van der Waals surface area (Å²) in [5.74, 6) is 0.795. The maximum Gasteiger partial charge on any atom is 0.260 e. The number of benzene rings is 1. The van der Waals surface area contributed by atoms with Crippen LogP contribution in [0.4, 0.5) is 0 Å². The number of rotatable bonds is 8. The highest BCUT2D eigenvalue weighted by Gasteiger charge is 2.14. The van der Waals surface area contributed by atoms with E-state index in [1.807, 2.05) is 19.9 Å². The van der Waals surface area contributed by atoms with E-state index in [2.05, 4.69) is 31.3 Å². The third-order valence-corrected chi connectivity index (χ3v) is 3.59. The predicted molar refractivity (Wildman–Crippen MR) is 86.7 cm³/mol. The van der Waals surface area contributed by atoms with Crippen molar-refractivity contribution in [3.05, 3.63) is 29.3 Å². The van der Waals surface area contributed by atoms with Crippen molar-refractivity contribution < 1.29 is 9.53 Å². The number of carbonyl (C=O) groups excluding carboxylic acids is 1. The quantitative estimate of drug-likeness (QED) is 0.801. The van der Waals surface area contributed by atoms with Crippen molar-refractivity contribution in [1.82, 2.24) is 10.2 Å². The molecular formula is C17H28N2O2. The number of nitrogens with one attached hydrogen (secondary N) is 1. The van der Waals surface area contributed by atoms with Crippen molar-refractivity contribution in [3.63, 3.8) is 0 Å². The number of carbonyl (C=O) groups is 1. The molecule has 0 aliphatic heterocycles. The lowest BCUT2D eigenvalue weighted by atomic mass is 10.0. The van der Waals surface area contributed by atoms with E-state index in [1.165, 1.54) is 0 Å². The molecule has 0 radical (unpaired) electrons. The van der Waals surface area contributed by atoms with Gasteiger partial charge in [-0.15, -0.1) is 0 Å². The monoisotopic (exact) mass is 292 g/mol. The molecule has 4 heteroatoms. The Bertz CT molecular complexity index is 460. The van der Waals surface area contributed by atoms with Gasteiger partial charge in [-0.1, -0.05) is 19.1 Å². The molecule has 1 N–H and O–H groups in total. The zero-order chi connectivity index (χ0) is 15.8. The highest BCUT2D eigenvalue weighted by molar-refractivity contribution is 5.77. The topological polar surface area (TPSA) is 41.6 Å². The second-order valence-electron chi connectivity index (χ2n) is 5.41. The summed E-state index contributed by atoms with van der Waals surface area (Å²) in [6, 6.07) is 6.36. The van der Waals surface area contributed by atoms with Gasteiger partial charge in [-0.25, -0.2) is 0 Å². The minimum absolute atomic E-state index is 0.000809. The molecule has 0 fully saturated rings. The first-order valence-electron chi connectivity index (χ1n) is 7.70. The predicted octanol–water partition coefficient (Wildman–Crippen LogP) is 2.91. The zero-order valence-electron chi connectivity index (χ0n) is 13.9. The molecule has 1 rings (SSSR count). The number of aryl methyl sites for hydroxylation is 1. The van der Waals surface area contributed by atoms with Crippen LogP contribution in [-0.4, -0.2) is 37.6 Å². The van der Waals surface area contributed by atoms with Crippen LogP contribution in [0, 0.1) is 6.92 Å². The van der Waals surface area contributed by atoms with E-state index in [1.54, 1.807) is 11.9 Å². The second-order valence-corrected chi connectivity index (χ2v) is 5.41. The molecule has 0 saturated heterocycles. The van der Waals surface area contributed by atoms with E-state index in [9.17, 15) is 4.79 Å². The molecule has 0 aliphatic rings. The number of likely N-dealkylation sites (N-methyl/N-ethyl adjacent to an activating group) is 1. The Labute approximate surface area is 128 Å². The average molecular weight is 292 g/mol. The minimum atomic E-state index is -0.000809. The van der Waals surface area contributed by atoms with Crippen LogP contribution in [0.1, 0.15) is 44.4 Å². The van der Waals surface area contributed by atoms with Gasteiger partial charge in [0.25, 0.3) is 5.91 Å². The summed E-state index contributed by atoms with van der Waals surface area (Å²) in [4.78, 5) is 13.5. The fraction of sp³-hybridized carbons (Fsp3) is 0.588. The summed E-state index contributed by atoms with van der Waals surface area (Å²) in [5, 5.41) is 3.45. The molecule has 0 heterocycles. The Balaban J connectivity index is 2.79. The number of hydrogen-bond acceptors (Lipinski definition) is 3. The van der Waals surface area contributed by atoms with Crippen molar-refractivity contribution in [1.29, 1.82) is 0 Å². The Morgan fingerprint density at radius 1 is 1.38 bits per heavy atom. The molecule has 1 aromatic rings. The lowest BCUT2D eigenvalue weighted by Crippen LogP contribution is -2.31. The van der Waals surface area contributed by atoms with E-state index in [4.69, 9.17) is 4.74 Å². The van der Waals surface area contributed by atoms with Crippen LogP contribution in [0.2, 0.25) is 0 Å². The van der Waals surface area contributed by atoms with Crippen LogP contribution in [0.15, 0.2) is 18.2 Å². The van der Waals surface area contributed by atoms with Crippen molar-refractivity contribution in [2.45, 2.75) is 40.2 Å². The summed E-state index contributed by atoms with van der Waals surface area (Å²) in [7, 11) is 1.79. The molecule has 1 unspecified atom stereocenters. The largest absolute Gasteiger partial charge is 0.483 e. The standard InChI is InChI=1S/C17H28N2O2/c1-6-10-18-14(4)15-9-8-13(3)11-16(15)21-12-17(20)19(5)7-2/h8-9,11,14,18H,6-7,10,12H2,1-5H3. The lowest BCUT2D eigenvalue weighted by Gasteiger charge is -2.20. The van der Waals surface area contributed by atoms with Gasteiger partial charge < -0.3 is 15.0 Å². The fourth-order valence-electron chi connectivity index (χ4n) is 2.02. The molecule has 21 heavy (non-hydrogen) atoms. The summed E-state index contributed by atoms with van der Waals surface area (Å²) >= 11 is 0. The first-order valence-corrected chi connectivity index (χ1v) is 7.70. The Morgan fingerprint density at radius 3 is 2.71 bits per heavy atom. The van der Waals surface area contributed by atoms with Crippen molar-refractivity contribution in [2.24, 2.45) is 0 Å². The third-order valence-electron chi connectivity index (χ3n) is 3.59.